The number of hydrogen-bond donors (Lipinski definition) is 2. The molecular weight excluding hydrogens is 196 g/mol. The molecule has 15 heavy (non-hydrogen) atoms. The van der Waals surface area contributed by atoms with Crippen LogP contribution in [-0.4, -0.2) is 26.7 Å². The summed E-state index contributed by atoms with van der Waals surface area (Å²) >= 11 is 0. The van der Waals surface area contributed by atoms with E-state index in [4.69, 9.17) is 25.4 Å². The average Bonchev–Trinajstić information content (AvgIpc) is 2.25. The van der Waals surface area contributed by atoms with Crippen LogP contribution in [0.15, 0.2) is 18.2 Å². The number of nitrogens with two attached hydrogens (primary N) is 1. The second-order valence-corrected chi connectivity index (χ2v) is 2.83. The van der Waals surface area contributed by atoms with E-state index in [0.717, 1.165) is 0 Å². The van der Waals surface area contributed by atoms with Crippen molar-refractivity contribution in [3.8, 4) is 17.2 Å². The zero-order valence-electron chi connectivity index (χ0n) is 8.74. The Morgan fingerprint density at radius 2 is 1.93 bits per heavy atom. The Balaban J connectivity index is 2.78. The van der Waals surface area contributed by atoms with Crippen molar-refractivity contribution in [3.63, 3.8) is 0 Å². The van der Waals surface area contributed by atoms with Crippen molar-refractivity contribution in [2.75, 3.05) is 20.8 Å². The highest BCUT2D eigenvalue weighted by molar-refractivity contribution is 5.78. The molecule has 0 radical (unpaired) electrons. The minimum absolute atomic E-state index is 0.0233. The van der Waals surface area contributed by atoms with Crippen LogP contribution in [0, 0.1) is 5.41 Å². The number of rotatable bonds is 5. The Bertz CT molecular complexity index is 353. The first-order chi connectivity index (χ1) is 7.17. The van der Waals surface area contributed by atoms with Gasteiger partial charge in [-0.05, 0) is 12.1 Å². The van der Waals surface area contributed by atoms with E-state index >= 15 is 0 Å². The summed E-state index contributed by atoms with van der Waals surface area (Å²) < 4.78 is 15.4. The molecule has 0 unspecified atom stereocenters. The van der Waals surface area contributed by atoms with E-state index in [1.54, 1.807) is 32.4 Å². The maximum absolute atomic E-state index is 7.02. The van der Waals surface area contributed by atoms with Crippen LogP contribution >= 0.6 is 0 Å². The Morgan fingerprint density at radius 1 is 1.27 bits per heavy atom. The van der Waals surface area contributed by atoms with Gasteiger partial charge >= 0.3 is 0 Å². The van der Waals surface area contributed by atoms with Gasteiger partial charge in [0.1, 0.15) is 18.2 Å². The summed E-state index contributed by atoms with van der Waals surface area (Å²) in [7, 11) is 3.11. The molecule has 0 amide bonds. The molecule has 3 N–H and O–H groups in total. The first-order valence-corrected chi connectivity index (χ1v) is 4.35. The van der Waals surface area contributed by atoms with Crippen LogP contribution in [0.4, 0.5) is 0 Å². The van der Waals surface area contributed by atoms with Crippen LogP contribution in [0.5, 0.6) is 17.2 Å². The van der Waals surface area contributed by atoms with Crippen LogP contribution in [-0.2, 0) is 0 Å². The molecule has 0 bridgehead atoms. The summed E-state index contributed by atoms with van der Waals surface area (Å²) in [6, 6.07) is 5.14. The quantitative estimate of drug-likeness (QED) is 0.561. The lowest BCUT2D eigenvalue weighted by Gasteiger charge is -2.10. The van der Waals surface area contributed by atoms with Gasteiger partial charge in [0.2, 0.25) is 0 Å². The molecule has 1 aromatic rings. The predicted molar refractivity (Wildman–Crippen MR) is 57.0 cm³/mol. The van der Waals surface area contributed by atoms with Crippen molar-refractivity contribution >= 4 is 5.84 Å². The third-order valence-corrected chi connectivity index (χ3v) is 1.75. The standard InChI is InChI=1S/C10H14N2O3/c1-13-8-4-3-7(5-9(8)14-2)15-6-10(11)12/h3-5H,6H2,1-2H3,(H3,11,12). The number of benzene rings is 1. The molecule has 0 aliphatic carbocycles. The van der Waals surface area contributed by atoms with Gasteiger partial charge in [-0.1, -0.05) is 0 Å². The van der Waals surface area contributed by atoms with E-state index in [-0.39, 0.29) is 12.4 Å². The van der Waals surface area contributed by atoms with Gasteiger partial charge in [0.25, 0.3) is 0 Å². The van der Waals surface area contributed by atoms with Crippen molar-refractivity contribution in [2.45, 2.75) is 0 Å². The smallest absolute Gasteiger partial charge is 0.164 e. The van der Waals surface area contributed by atoms with Crippen LogP contribution in [0.3, 0.4) is 0 Å². The van der Waals surface area contributed by atoms with Crippen LogP contribution in [0.2, 0.25) is 0 Å². The SMILES string of the molecule is COc1ccc(OCC(=N)N)cc1OC. The van der Waals surface area contributed by atoms with Crippen molar-refractivity contribution < 1.29 is 14.2 Å². The maximum Gasteiger partial charge on any atom is 0.164 e. The van der Waals surface area contributed by atoms with Crippen LogP contribution in [0.25, 0.3) is 0 Å². The van der Waals surface area contributed by atoms with Gasteiger partial charge in [-0.2, -0.15) is 0 Å². The molecule has 0 fully saturated rings. The van der Waals surface area contributed by atoms with Crippen molar-refractivity contribution in [1.29, 1.82) is 5.41 Å². The van der Waals surface area contributed by atoms with Gasteiger partial charge in [0.05, 0.1) is 14.2 Å². The summed E-state index contributed by atoms with van der Waals surface area (Å²) in [6.07, 6.45) is 0. The van der Waals surface area contributed by atoms with E-state index in [1.165, 1.54) is 0 Å². The van der Waals surface area contributed by atoms with E-state index < -0.39 is 0 Å². The van der Waals surface area contributed by atoms with Crippen molar-refractivity contribution in [2.24, 2.45) is 5.73 Å². The van der Waals surface area contributed by atoms with Gasteiger partial charge in [-0.3, -0.25) is 5.41 Å². The van der Waals surface area contributed by atoms with Gasteiger partial charge in [0.15, 0.2) is 11.5 Å². The molecule has 0 saturated carbocycles. The van der Waals surface area contributed by atoms with E-state index in [9.17, 15) is 0 Å². The molecule has 5 nitrogen and oxygen atoms in total. The summed E-state index contributed by atoms with van der Waals surface area (Å²) in [4.78, 5) is 0. The lowest BCUT2D eigenvalue weighted by molar-refractivity contribution is 0.343. The number of methoxy groups -OCH3 is 2. The second kappa shape index (κ2) is 5.09. The fourth-order valence-electron chi connectivity index (χ4n) is 1.07. The molecule has 0 spiro atoms. The first-order valence-electron chi connectivity index (χ1n) is 4.35. The van der Waals surface area contributed by atoms with Crippen molar-refractivity contribution in [3.05, 3.63) is 18.2 Å². The van der Waals surface area contributed by atoms with Gasteiger partial charge in [-0.15, -0.1) is 0 Å². The average molecular weight is 210 g/mol. The third-order valence-electron chi connectivity index (χ3n) is 1.75. The van der Waals surface area contributed by atoms with Crippen LogP contribution in [0.1, 0.15) is 0 Å². The molecule has 0 aliphatic rings. The molecule has 5 heteroatoms. The fraction of sp³-hybridized carbons (Fsp3) is 0.300. The lowest BCUT2D eigenvalue weighted by Crippen LogP contribution is -2.19. The zero-order chi connectivity index (χ0) is 11.3. The summed E-state index contributed by atoms with van der Waals surface area (Å²) in [5.74, 6) is 1.78. The summed E-state index contributed by atoms with van der Waals surface area (Å²) in [5.41, 5.74) is 5.17. The molecule has 0 atom stereocenters. The Hall–Kier alpha value is -1.91. The van der Waals surface area contributed by atoms with Gasteiger partial charge < -0.3 is 19.9 Å². The molecule has 0 heterocycles. The third kappa shape index (κ3) is 3.05. The number of amidine groups is 1. The van der Waals surface area contributed by atoms with Crippen LogP contribution < -0.4 is 19.9 Å². The maximum atomic E-state index is 7.02. The highest BCUT2D eigenvalue weighted by atomic mass is 16.5. The largest absolute Gasteiger partial charge is 0.493 e. The molecule has 1 aromatic carbocycles. The predicted octanol–water partition coefficient (Wildman–Crippen LogP) is 1.02. The topological polar surface area (TPSA) is 77.6 Å². The Labute approximate surface area is 88.3 Å². The first kappa shape index (κ1) is 11.2. The Kier molecular flexibility index (Phi) is 3.79. The molecule has 0 saturated heterocycles. The minimum Gasteiger partial charge on any atom is -0.493 e. The number of nitrogens with one attached hydrogen (secondary N) is 1. The molecular formula is C10H14N2O3. The van der Waals surface area contributed by atoms with E-state index in [2.05, 4.69) is 0 Å². The van der Waals surface area contributed by atoms with E-state index in [1.807, 2.05) is 0 Å². The van der Waals surface area contributed by atoms with Gasteiger partial charge in [-0.25, -0.2) is 0 Å². The monoisotopic (exact) mass is 210 g/mol. The molecule has 0 aliphatic heterocycles. The molecule has 0 aromatic heterocycles. The normalized spacial score (nSPS) is 9.47. The second-order valence-electron chi connectivity index (χ2n) is 2.83. The fourth-order valence-corrected chi connectivity index (χ4v) is 1.07. The highest BCUT2D eigenvalue weighted by Gasteiger charge is 2.05. The Morgan fingerprint density at radius 3 is 2.47 bits per heavy atom. The van der Waals surface area contributed by atoms with Gasteiger partial charge in [0, 0.05) is 6.07 Å². The number of hydrogen-bond acceptors (Lipinski definition) is 4. The summed E-state index contributed by atoms with van der Waals surface area (Å²) in [6.45, 7) is 0.0650. The molecule has 1 rings (SSSR count). The summed E-state index contributed by atoms with van der Waals surface area (Å²) in [5, 5.41) is 7.02. The number of ether oxygens (including phenoxy) is 3. The minimum atomic E-state index is -0.0233. The highest BCUT2D eigenvalue weighted by Crippen LogP contribution is 2.30. The van der Waals surface area contributed by atoms with E-state index in [0.29, 0.717) is 17.2 Å². The van der Waals surface area contributed by atoms with Crippen molar-refractivity contribution in [1.82, 2.24) is 0 Å². The lowest BCUT2D eigenvalue weighted by atomic mass is 10.3. The molecule has 82 valence electrons. The zero-order valence-corrected chi connectivity index (χ0v) is 8.74.